The van der Waals surface area contributed by atoms with E-state index in [1.165, 1.54) is 0 Å². The van der Waals surface area contributed by atoms with Crippen LogP contribution in [0, 0.1) is 0 Å². The maximum atomic E-state index is 12.1. The van der Waals surface area contributed by atoms with Gasteiger partial charge in [-0.3, -0.25) is 0 Å². The van der Waals surface area contributed by atoms with Gasteiger partial charge in [0.1, 0.15) is 28.8 Å². The third kappa shape index (κ3) is 7.06. The topological polar surface area (TPSA) is 95.7 Å². The second-order valence-electron chi connectivity index (χ2n) is 8.16. The van der Waals surface area contributed by atoms with Gasteiger partial charge in [-0.25, -0.2) is 4.79 Å². The van der Waals surface area contributed by atoms with E-state index in [2.05, 4.69) is 10.2 Å². The Kier molecular flexibility index (Phi) is 9.40. The smallest absolute Gasteiger partial charge is 0.342 e. The summed E-state index contributed by atoms with van der Waals surface area (Å²) in [5.74, 6) is 1.34. The van der Waals surface area contributed by atoms with Crippen LogP contribution in [0.1, 0.15) is 18.1 Å². The fourth-order valence-corrected chi connectivity index (χ4v) is 4.99. The molecule has 4 aromatic rings. The lowest BCUT2D eigenvalue weighted by molar-refractivity contribution is -0.131. The lowest BCUT2D eigenvalue weighted by atomic mass is 10.2. The standard InChI is InChI=1S/C28H25Cl2N3O5S/c1-4-33-26(19-12-22(36-2)15-23(13-19)37-3)31-32-28(33)39-25(27(34)35)11-17-5-9-21(10-6-17)38-16-18-7-8-20(29)14-24(18)30/h5-15H,4,16H2,1-3H3,(H,34,35)/b25-11-. The monoisotopic (exact) mass is 585 g/mol. The molecule has 11 heteroatoms. The lowest BCUT2D eigenvalue weighted by Gasteiger charge is -2.10. The summed E-state index contributed by atoms with van der Waals surface area (Å²) in [7, 11) is 3.14. The Morgan fingerprint density at radius 1 is 0.974 bits per heavy atom. The molecule has 4 rings (SSSR count). The molecule has 1 N–H and O–H groups in total. The highest BCUT2D eigenvalue weighted by Gasteiger charge is 2.19. The maximum absolute atomic E-state index is 12.1. The number of carboxylic acid groups (broad SMARTS) is 1. The maximum Gasteiger partial charge on any atom is 0.342 e. The van der Waals surface area contributed by atoms with E-state index in [-0.39, 0.29) is 11.5 Å². The summed E-state index contributed by atoms with van der Waals surface area (Å²) in [5, 5.41) is 20.0. The van der Waals surface area contributed by atoms with Crippen molar-refractivity contribution in [2.45, 2.75) is 25.2 Å². The molecule has 0 aliphatic rings. The number of hydrogen-bond donors (Lipinski definition) is 1. The summed E-state index contributed by atoms with van der Waals surface area (Å²) in [5.41, 5.74) is 2.24. The van der Waals surface area contributed by atoms with Gasteiger partial charge in [-0.05, 0) is 66.7 Å². The summed E-state index contributed by atoms with van der Waals surface area (Å²) in [6.07, 6.45) is 1.58. The van der Waals surface area contributed by atoms with E-state index in [0.29, 0.717) is 50.4 Å². The van der Waals surface area contributed by atoms with Crippen molar-refractivity contribution in [3.05, 3.63) is 86.7 Å². The summed E-state index contributed by atoms with van der Waals surface area (Å²) < 4.78 is 18.4. The van der Waals surface area contributed by atoms with Gasteiger partial charge in [0, 0.05) is 33.8 Å². The van der Waals surface area contributed by atoms with Crippen molar-refractivity contribution in [3.63, 3.8) is 0 Å². The molecule has 1 aromatic heterocycles. The number of halogens is 2. The minimum absolute atomic E-state index is 0.0912. The zero-order chi connectivity index (χ0) is 27.9. The number of rotatable bonds is 11. The number of carbonyl (C=O) groups is 1. The number of nitrogens with zero attached hydrogens (tertiary/aromatic N) is 3. The third-order valence-electron chi connectivity index (χ3n) is 5.64. The first-order valence-corrected chi connectivity index (χ1v) is 13.3. The van der Waals surface area contributed by atoms with Gasteiger partial charge in [-0.15, -0.1) is 10.2 Å². The Balaban J connectivity index is 1.53. The van der Waals surface area contributed by atoms with Crippen molar-refractivity contribution in [2.75, 3.05) is 14.2 Å². The molecule has 202 valence electrons. The van der Waals surface area contributed by atoms with Crippen LogP contribution in [0.4, 0.5) is 0 Å². The van der Waals surface area contributed by atoms with Crippen LogP contribution in [0.2, 0.25) is 10.0 Å². The molecular formula is C28H25Cl2N3O5S. The number of carboxylic acids is 1. The van der Waals surface area contributed by atoms with Gasteiger partial charge in [0.25, 0.3) is 0 Å². The van der Waals surface area contributed by atoms with Crippen molar-refractivity contribution in [2.24, 2.45) is 0 Å². The number of aliphatic carboxylic acids is 1. The normalized spacial score (nSPS) is 11.4. The van der Waals surface area contributed by atoms with Crippen molar-refractivity contribution in [1.82, 2.24) is 14.8 Å². The number of thioether (sulfide) groups is 1. The van der Waals surface area contributed by atoms with Crippen LogP contribution in [0.15, 0.2) is 70.7 Å². The van der Waals surface area contributed by atoms with Crippen LogP contribution < -0.4 is 14.2 Å². The molecule has 0 unspecified atom stereocenters. The van der Waals surface area contributed by atoms with Crippen molar-refractivity contribution in [1.29, 1.82) is 0 Å². The predicted molar refractivity (Wildman–Crippen MR) is 153 cm³/mol. The van der Waals surface area contributed by atoms with Crippen molar-refractivity contribution in [3.8, 4) is 28.6 Å². The fourth-order valence-electron chi connectivity index (χ4n) is 3.64. The molecule has 0 radical (unpaired) electrons. The molecule has 0 bridgehead atoms. The SMILES string of the molecule is CCn1c(S/C(=C\c2ccc(OCc3ccc(Cl)cc3Cl)cc2)C(=O)O)nnc1-c1cc(OC)cc(OC)c1. The number of aromatic nitrogens is 3. The van der Waals surface area contributed by atoms with E-state index in [0.717, 1.165) is 22.9 Å². The van der Waals surface area contributed by atoms with Gasteiger partial charge in [-0.1, -0.05) is 41.4 Å². The molecule has 8 nitrogen and oxygen atoms in total. The van der Waals surface area contributed by atoms with E-state index < -0.39 is 5.97 Å². The predicted octanol–water partition coefficient (Wildman–Crippen LogP) is 7.09. The quantitative estimate of drug-likeness (QED) is 0.147. The average molecular weight is 586 g/mol. The summed E-state index contributed by atoms with van der Waals surface area (Å²) in [6, 6.07) is 17.7. The van der Waals surface area contributed by atoms with Crippen LogP contribution in [0.5, 0.6) is 17.2 Å². The van der Waals surface area contributed by atoms with Crippen LogP contribution in [0.3, 0.4) is 0 Å². The molecule has 0 aliphatic heterocycles. The first kappa shape index (κ1) is 28.4. The summed E-state index contributed by atoms with van der Waals surface area (Å²) in [4.78, 5) is 12.2. The second-order valence-corrected chi connectivity index (χ2v) is 10.0. The number of methoxy groups -OCH3 is 2. The highest BCUT2D eigenvalue weighted by Crippen LogP contribution is 2.33. The lowest BCUT2D eigenvalue weighted by Crippen LogP contribution is -2.03. The van der Waals surface area contributed by atoms with E-state index >= 15 is 0 Å². The Morgan fingerprint density at radius 3 is 2.26 bits per heavy atom. The third-order valence-corrected chi connectivity index (χ3v) is 7.23. The minimum Gasteiger partial charge on any atom is -0.497 e. The van der Waals surface area contributed by atoms with Gasteiger partial charge in [0.15, 0.2) is 11.0 Å². The summed E-state index contributed by atoms with van der Waals surface area (Å²) >= 11 is 13.2. The molecular weight excluding hydrogens is 561 g/mol. The van der Waals surface area contributed by atoms with Crippen molar-refractivity contribution < 1.29 is 24.1 Å². The molecule has 0 saturated carbocycles. The number of ether oxygens (including phenoxy) is 3. The van der Waals surface area contributed by atoms with Crippen LogP contribution in [-0.2, 0) is 17.9 Å². The molecule has 39 heavy (non-hydrogen) atoms. The molecule has 0 spiro atoms. The van der Waals surface area contributed by atoms with E-state index in [4.69, 9.17) is 37.4 Å². The number of hydrogen-bond acceptors (Lipinski definition) is 7. The zero-order valence-corrected chi connectivity index (χ0v) is 23.7. The highest BCUT2D eigenvalue weighted by atomic mass is 35.5. The average Bonchev–Trinajstić information content (AvgIpc) is 3.35. The second kappa shape index (κ2) is 12.9. The van der Waals surface area contributed by atoms with Gasteiger partial charge in [0.2, 0.25) is 0 Å². The van der Waals surface area contributed by atoms with Gasteiger partial charge < -0.3 is 23.9 Å². The van der Waals surface area contributed by atoms with Crippen LogP contribution in [0.25, 0.3) is 17.5 Å². The van der Waals surface area contributed by atoms with Crippen LogP contribution in [-0.4, -0.2) is 40.1 Å². The molecule has 0 amide bonds. The van der Waals surface area contributed by atoms with Gasteiger partial charge in [0.05, 0.1) is 14.2 Å². The minimum atomic E-state index is -1.08. The Labute approximate surface area is 240 Å². The molecule has 1 heterocycles. The zero-order valence-electron chi connectivity index (χ0n) is 21.4. The molecule has 3 aromatic carbocycles. The van der Waals surface area contributed by atoms with Crippen LogP contribution >= 0.6 is 35.0 Å². The highest BCUT2D eigenvalue weighted by molar-refractivity contribution is 8.04. The first-order valence-electron chi connectivity index (χ1n) is 11.8. The van der Waals surface area contributed by atoms with Crippen molar-refractivity contribution >= 4 is 47.0 Å². The van der Waals surface area contributed by atoms with E-state index in [1.807, 2.05) is 29.7 Å². The van der Waals surface area contributed by atoms with E-state index in [1.54, 1.807) is 62.8 Å². The summed E-state index contributed by atoms with van der Waals surface area (Å²) in [6.45, 7) is 2.74. The fraction of sp³-hybridized carbons (Fsp3) is 0.179. The Hall–Kier alpha value is -3.66. The molecule has 0 saturated heterocycles. The first-order chi connectivity index (χ1) is 18.8. The Bertz CT molecular complexity index is 1480. The van der Waals surface area contributed by atoms with Gasteiger partial charge in [-0.2, -0.15) is 0 Å². The van der Waals surface area contributed by atoms with Gasteiger partial charge >= 0.3 is 5.97 Å². The molecule has 0 aliphatic carbocycles. The molecule has 0 fully saturated rings. The Morgan fingerprint density at radius 2 is 1.67 bits per heavy atom. The largest absolute Gasteiger partial charge is 0.497 e. The van der Waals surface area contributed by atoms with E-state index in [9.17, 15) is 9.90 Å². The number of benzene rings is 3. The molecule has 0 atom stereocenters.